The van der Waals surface area contributed by atoms with Crippen LogP contribution in [0.5, 0.6) is 0 Å². The zero-order valence-corrected chi connectivity index (χ0v) is 21.4. The minimum absolute atomic E-state index is 0.0215. The number of alkyl halides is 1. The molecule has 1 unspecified atom stereocenters. The summed E-state index contributed by atoms with van der Waals surface area (Å²) in [5.41, 5.74) is 11.0. The van der Waals surface area contributed by atoms with Crippen LogP contribution < -0.4 is 16.5 Å². The molecule has 0 bridgehead atoms. The van der Waals surface area contributed by atoms with Crippen molar-refractivity contribution in [2.45, 2.75) is 64.1 Å². The maximum Gasteiger partial charge on any atom is 0.459 e. The first kappa shape index (κ1) is 30.0. The number of anilines is 1. The number of ether oxygens (including phenoxy) is 2. The third kappa shape index (κ3) is 7.16. The van der Waals surface area contributed by atoms with E-state index in [0.29, 0.717) is 4.57 Å². The van der Waals surface area contributed by atoms with Crippen molar-refractivity contribution >= 4 is 19.5 Å². The maximum absolute atomic E-state index is 15.1. The zero-order chi connectivity index (χ0) is 28.0. The molecule has 1 aliphatic heterocycles. The van der Waals surface area contributed by atoms with Gasteiger partial charge in [0, 0.05) is 11.1 Å². The van der Waals surface area contributed by atoms with E-state index in [1.165, 1.54) is 25.1 Å². The summed E-state index contributed by atoms with van der Waals surface area (Å²) in [6.45, 7) is 8.57. The van der Waals surface area contributed by atoms with Crippen LogP contribution in [-0.4, -0.2) is 57.4 Å². The van der Waals surface area contributed by atoms with Crippen LogP contribution in [0.25, 0.3) is 10.4 Å². The van der Waals surface area contributed by atoms with Crippen molar-refractivity contribution in [3.8, 4) is 0 Å². The predicted octanol–water partition coefficient (Wildman–Crippen LogP) is 2.22. The molecule has 0 aliphatic carbocycles. The highest BCUT2D eigenvalue weighted by molar-refractivity contribution is 7.51. The van der Waals surface area contributed by atoms with Gasteiger partial charge < -0.3 is 24.8 Å². The molecule has 1 aliphatic rings. The minimum atomic E-state index is -4.52. The van der Waals surface area contributed by atoms with Gasteiger partial charge in [0.1, 0.15) is 23.7 Å². The van der Waals surface area contributed by atoms with Crippen LogP contribution in [0.1, 0.15) is 33.9 Å². The Hall–Kier alpha value is -3.26. The molecule has 204 valence electrons. The monoisotopic (exact) mass is 545 g/mol. The number of hydrogen-bond donors (Lipinski definition) is 3. The van der Waals surface area contributed by atoms with Gasteiger partial charge in [-0.3, -0.25) is 13.9 Å². The average Bonchev–Trinajstić information content (AvgIpc) is 3.06. The molecular weight excluding hydrogens is 516 g/mol. The largest absolute Gasteiger partial charge is 0.462 e. The standard InChI is InChI=1S/C20H29FN7O8P/c1-6-13(7-2)36-37(32,25-12(5)18(30)34-11(3)4)33-10-20(26-27-23)16(29)15(21)17(35-20)28-9-8-14(22)24-19(28)31/h6-9,11-12,15-17,29H,1,10H2,2-5H3,(H,25,32)(H2,22,24,31)/b13-7+/t12-,15+,16-,17+,20+,37?/m0/s1. The molecule has 1 saturated heterocycles. The molecule has 2 heterocycles. The van der Waals surface area contributed by atoms with Crippen LogP contribution in [0.3, 0.4) is 0 Å². The molecule has 0 saturated carbocycles. The summed E-state index contributed by atoms with van der Waals surface area (Å²) < 4.78 is 50.6. The van der Waals surface area contributed by atoms with Gasteiger partial charge in [0.15, 0.2) is 12.4 Å². The molecule has 4 N–H and O–H groups in total. The van der Waals surface area contributed by atoms with Crippen molar-refractivity contribution in [2.75, 3.05) is 12.3 Å². The lowest BCUT2D eigenvalue weighted by Crippen LogP contribution is -2.45. The summed E-state index contributed by atoms with van der Waals surface area (Å²) in [5.74, 6) is -0.952. The lowest BCUT2D eigenvalue weighted by Gasteiger charge is -2.29. The molecule has 6 atom stereocenters. The highest BCUT2D eigenvalue weighted by atomic mass is 31.2. The number of rotatable bonds is 12. The number of hydrogen-bond acceptors (Lipinski definition) is 11. The molecule has 1 aromatic heterocycles. The SMILES string of the molecule is C=C/C(=C\C)OP(=O)(N[C@@H](C)C(=O)OC(C)C)OC[C@@]1(N=[N+]=[N-])O[C@@H](n2ccc(N)nc2=O)[C@H](F)[C@@H]1O. The Kier molecular flexibility index (Phi) is 9.98. The highest BCUT2D eigenvalue weighted by Crippen LogP contribution is 2.50. The quantitative estimate of drug-likeness (QED) is 0.0658. The fraction of sp³-hybridized carbons (Fsp3) is 0.550. The highest BCUT2D eigenvalue weighted by Gasteiger charge is 2.57. The fourth-order valence-corrected chi connectivity index (χ4v) is 4.70. The van der Waals surface area contributed by atoms with Crippen LogP contribution in [-0.2, 0) is 27.9 Å². The molecule has 15 nitrogen and oxygen atoms in total. The molecular formula is C20H29FN7O8P. The minimum Gasteiger partial charge on any atom is -0.462 e. The number of carbonyl (C=O) groups excluding carboxylic acids is 1. The van der Waals surface area contributed by atoms with Crippen LogP contribution in [0.2, 0.25) is 0 Å². The third-order valence-electron chi connectivity index (χ3n) is 4.91. The van der Waals surface area contributed by atoms with E-state index in [-0.39, 0.29) is 11.6 Å². The van der Waals surface area contributed by atoms with E-state index in [1.54, 1.807) is 20.8 Å². The normalized spacial score (nSPS) is 26.1. The summed E-state index contributed by atoms with van der Waals surface area (Å²) in [6.07, 6.45) is -3.12. The second-order valence-electron chi connectivity index (χ2n) is 8.07. The van der Waals surface area contributed by atoms with E-state index in [0.717, 1.165) is 6.20 Å². The molecule has 17 heteroatoms. The number of aliphatic hydroxyl groups excluding tert-OH is 1. The first-order valence-electron chi connectivity index (χ1n) is 10.9. The number of halogens is 1. The second kappa shape index (κ2) is 12.3. The van der Waals surface area contributed by atoms with Gasteiger partial charge in [-0.05, 0) is 51.4 Å². The number of nitrogens with zero attached hydrogens (tertiary/aromatic N) is 5. The van der Waals surface area contributed by atoms with Crippen molar-refractivity contribution in [3.05, 3.63) is 57.7 Å². The Balaban J connectivity index is 2.39. The number of nitrogens with one attached hydrogen (secondary N) is 1. The smallest absolute Gasteiger partial charge is 0.459 e. The lowest BCUT2D eigenvalue weighted by atomic mass is 10.1. The van der Waals surface area contributed by atoms with Gasteiger partial charge in [-0.25, -0.2) is 13.8 Å². The molecule has 2 rings (SSSR count). The van der Waals surface area contributed by atoms with Crippen LogP contribution in [0.4, 0.5) is 10.2 Å². The summed E-state index contributed by atoms with van der Waals surface area (Å²) in [7, 11) is -4.52. The van der Waals surface area contributed by atoms with Gasteiger partial charge in [0.25, 0.3) is 0 Å². The summed E-state index contributed by atoms with van der Waals surface area (Å²) in [6, 6.07) is -0.0344. The number of aliphatic hydroxyl groups is 1. The number of azide groups is 1. The van der Waals surface area contributed by atoms with E-state index >= 15 is 4.39 Å². The van der Waals surface area contributed by atoms with Crippen molar-refractivity contribution in [3.63, 3.8) is 0 Å². The fourth-order valence-electron chi connectivity index (χ4n) is 3.12. The van der Waals surface area contributed by atoms with Gasteiger partial charge in [-0.2, -0.15) is 10.1 Å². The summed E-state index contributed by atoms with van der Waals surface area (Å²) in [4.78, 5) is 30.5. The van der Waals surface area contributed by atoms with E-state index < -0.39 is 62.4 Å². The average molecular weight is 545 g/mol. The van der Waals surface area contributed by atoms with Gasteiger partial charge in [-0.15, -0.1) is 0 Å². The predicted molar refractivity (Wildman–Crippen MR) is 128 cm³/mol. The van der Waals surface area contributed by atoms with Crippen LogP contribution in [0.15, 0.2) is 46.7 Å². The zero-order valence-electron chi connectivity index (χ0n) is 20.6. The Morgan fingerprint density at radius 2 is 2.24 bits per heavy atom. The van der Waals surface area contributed by atoms with Crippen molar-refractivity contribution in [2.24, 2.45) is 5.11 Å². The molecule has 1 fully saturated rings. The van der Waals surface area contributed by atoms with Crippen molar-refractivity contribution in [1.29, 1.82) is 0 Å². The molecule has 0 amide bonds. The third-order valence-corrected chi connectivity index (χ3v) is 6.53. The van der Waals surface area contributed by atoms with Gasteiger partial charge in [0.05, 0.1) is 12.7 Å². The number of nitrogens with two attached hydrogens (primary N) is 1. The Morgan fingerprint density at radius 3 is 2.78 bits per heavy atom. The number of allylic oxidation sites excluding steroid dienone is 2. The first-order valence-corrected chi connectivity index (χ1v) is 12.5. The molecule has 1 aromatic rings. The van der Waals surface area contributed by atoms with Crippen LogP contribution >= 0.6 is 7.75 Å². The lowest BCUT2D eigenvalue weighted by molar-refractivity contribution is -0.149. The van der Waals surface area contributed by atoms with Gasteiger partial charge >= 0.3 is 19.4 Å². The Morgan fingerprint density at radius 1 is 1.57 bits per heavy atom. The topological polar surface area (TPSA) is 213 Å². The Bertz CT molecular complexity index is 1190. The Labute approximate surface area is 211 Å². The van der Waals surface area contributed by atoms with E-state index in [9.17, 15) is 19.3 Å². The number of nitrogen functional groups attached to an aromatic ring is 1. The molecule has 37 heavy (non-hydrogen) atoms. The van der Waals surface area contributed by atoms with Crippen LogP contribution in [0, 0.1) is 0 Å². The van der Waals surface area contributed by atoms with Gasteiger partial charge in [-0.1, -0.05) is 11.7 Å². The number of aromatic nitrogens is 2. The maximum atomic E-state index is 15.1. The van der Waals surface area contributed by atoms with E-state index in [1.807, 2.05) is 0 Å². The van der Waals surface area contributed by atoms with Gasteiger partial charge in [0.2, 0.25) is 5.72 Å². The summed E-state index contributed by atoms with van der Waals surface area (Å²) >= 11 is 0. The van der Waals surface area contributed by atoms with Crippen molar-refractivity contribution < 1.29 is 37.4 Å². The van der Waals surface area contributed by atoms with E-state index in [4.69, 9.17) is 29.8 Å². The first-order chi connectivity index (χ1) is 17.3. The summed E-state index contributed by atoms with van der Waals surface area (Å²) in [5, 5.41) is 16.3. The van der Waals surface area contributed by atoms with Crippen molar-refractivity contribution in [1.82, 2.24) is 14.6 Å². The van der Waals surface area contributed by atoms with E-state index in [2.05, 4.69) is 26.7 Å². The second-order valence-corrected chi connectivity index (χ2v) is 9.76. The molecule has 0 aromatic carbocycles. The number of esters is 1. The number of carbonyl (C=O) groups is 1. The molecule has 0 spiro atoms. The molecule has 0 radical (unpaired) electrons.